The van der Waals surface area contributed by atoms with E-state index in [1.165, 1.54) is 0 Å². The van der Waals surface area contributed by atoms with Crippen LogP contribution in [0.25, 0.3) is 0 Å². The van der Waals surface area contributed by atoms with Crippen molar-refractivity contribution in [3.63, 3.8) is 0 Å². The van der Waals surface area contributed by atoms with Crippen molar-refractivity contribution in [1.29, 1.82) is 0 Å². The summed E-state index contributed by atoms with van der Waals surface area (Å²) >= 11 is 0. The zero-order valence-electron chi connectivity index (χ0n) is 20.3. The molecule has 2 amide bonds. The number of nitrogens with one attached hydrogen (secondary N) is 3. The Labute approximate surface area is 192 Å². The van der Waals surface area contributed by atoms with E-state index in [-0.39, 0.29) is 11.4 Å². The highest BCUT2D eigenvalue weighted by Crippen LogP contribution is 2.32. The van der Waals surface area contributed by atoms with Gasteiger partial charge >= 0.3 is 6.03 Å². The van der Waals surface area contributed by atoms with Crippen LogP contribution in [0.2, 0.25) is 0 Å². The number of hydrogen-bond donors (Lipinski definition) is 3. The summed E-state index contributed by atoms with van der Waals surface area (Å²) in [6.45, 7) is 9.23. The molecule has 0 aliphatic heterocycles. The topological polar surface area (TPSA) is 82.2 Å². The SMILES string of the molecule is Cc1cccc(C(C)(C)C)c1NC(=O)NCC1CCC(Nc2nccc(N(C)C)n2)CC1. The molecule has 3 rings (SSSR count). The largest absolute Gasteiger partial charge is 0.363 e. The summed E-state index contributed by atoms with van der Waals surface area (Å²) in [4.78, 5) is 23.5. The van der Waals surface area contributed by atoms with Crippen molar-refractivity contribution in [2.24, 2.45) is 5.92 Å². The zero-order chi connectivity index (χ0) is 23.3. The standard InChI is InChI=1S/C25H38N6O/c1-17-8-7-9-20(25(2,3)4)22(17)30-24(32)27-16-18-10-12-19(13-11-18)28-23-26-15-14-21(29-23)31(5)6/h7-9,14-15,18-19H,10-13,16H2,1-6H3,(H,26,28,29)(H2,27,30,32). The van der Waals surface area contributed by atoms with E-state index in [9.17, 15) is 4.79 Å². The molecule has 0 atom stereocenters. The first-order chi connectivity index (χ1) is 15.1. The molecule has 0 spiro atoms. The zero-order valence-corrected chi connectivity index (χ0v) is 20.3. The Balaban J connectivity index is 1.47. The number of aryl methyl sites for hydroxylation is 1. The molecule has 1 aliphatic carbocycles. The molecule has 1 fully saturated rings. The van der Waals surface area contributed by atoms with E-state index in [1.807, 2.05) is 44.1 Å². The number of amides is 2. The summed E-state index contributed by atoms with van der Waals surface area (Å²) in [5.74, 6) is 2.08. The third-order valence-electron chi connectivity index (χ3n) is 6.15. The van der Waals surface area contributed by atoms with Gasteiger partial charge in [0.1, 0.15) is 5.82 Å². The minimum Gasteiger partial charge on any atom is -0.363 e. The highest BCUT2D eigenvalue weighted by Gasteiger charge is 2.23. The molecule has 0 bridgehead atoms. The minimum atomic E-state index is -0.126. The van der Waals surface area contributed by atoms with Crippen LogP contribution in [-0.2, 0) is 5.41 Å². The molecule has 1 heterocycles. The predicted molar refractivity (Wildman–Crippen MR) is 133 cm³/mol. The van der Waals surface area contributed by atoms with Crippen LogP contribution < -0.4 is 20.9 Å². The number of para-hydroxylation sites is 1. The number of carbonyl (C=O) groups excluding carboxylic acids is 1. The van der Waals surface area contributed by atoms with Crippen LogP contribution in [0.5, 0.6) is 0 Å². The predicted octanol–water partition coefficient (Wildman–Crippen LogP) is 4.94. The van der Waals surface area contributed by atoms with Crippen molar-refractivity contribution < 1.29 is 4.79 Å². The molecular formula is C25H38N6O. The molecular weight excluding hydrogens is 400 g/mol. The van der Waals surface area contributed by atoms with E-state index in [1.54, 1.807) is 6.20 Å². The van der Waals surface area contributed by atoms with Gasteiger partial charge in [0.2, 0.25) is 5.95 Å². The summed E-state index contributed by atoms with van der Waals surface area (Å²) < 4.78 is 0. The Hall–Kier alpha value is -2.83. The van der Waals surface area contributed by atoms with Gasteiger partial charge in [-0.15, -0.1) is 0 Å². The Bertz CT molecular complexity index is 913. The molecule has 0 radical (unpaired) electrons. The van der Waals surface area contributed by atoms with E-state index in [0.29, 0.717) is 24.5 Å². The highest BCUT2D eigenvalue weighted by atomic mass is 16.2. The smallest absolute Gasteiger partial charge is 0.319 e. The first kappa shape index (κ1) is 23.8. The monoisotopic (exact) mass is 438 g/mol. The van der Waals surface area contributed by atoms with E-state index in [4.69, 9.17) is 0 Å². The average molecular weight is 439 g/mol. The molecule has 174 valence electrons. The Morgan fingerprint density at radius 1 is 1.12 bits per heavy atom. The molecule has 7 nitrogen and oxygen atoms in total. The minimum absolute atomic E-state index is 0.0320. The van der Waals surface area contributed by atoms with Crippen molar-refractivity contribution >= 4 is 23.5 Å². The number of anilines is 3. The number of benzene rings is 1. The van der Waals surface area contributed by atoms with Gasteiger partial charge < -0.3 is 20.9 Å². The molecule has 1 aromatic heterocycles. The van der Waals surface area contributed by atoms with Crippen molar-refractivity contribution in [3.8, 4) is 0 Å². The molecule has 32 heavy (non-hydrogen) atoms. The molecule has 1 aliphatic rings. The number of carbonyl (C=O) groups is 1. The molecule has 0 unspecified atom stereocenters. The fourth-order valence-electron chi connectivity index (χ4n) is 4.21. The number of nitrogens with zero attached hydrogens (tertiary/aromatic N) is 3. The summed E-state index contributed by atoms with van der Waals surface area (Å²) in [6.07, 6.45) is 6.04. The van der Waals surface area contributed by atoms with Crippen molar-refractivity contribution in [2.45, 2.75) is 64.8 Å². The average Bonchev–Trinajstić information content (AvgIpc) is 2.74. The number of aromatic nitrogens is 2. The Morgan fingerprint density at radius 3 is 2.50 bits per heavy atom. The van der Waals surface area contributed by atoms with Crippen LogP contribution in [0.1, 0.15) is 57.6 Å². The number of hydrogen-bond acceptors (Lipinski definition) is 5. The van der Waals surface area contributed by atoms with E-state index in [0.717, 1.165) is 48.3 Å². The van der Waals surface area contributed by atoms with Gasteiger partial charge in [0.25, 0.3) is 0 Å². The van der Waals surface area contributed by atoms with E-state index < -0.39 is 0 Å². The lowest BCUT2D eigenvalue weighted by Gasteiger charge is -2.29. The Morgan fingerprint density at radius 2 is 1.84 bits per heavy atom. The lowest BCUT2D eigenvalue weighted by atomic mass is 9.84. The molecule has 1 aromatic carbocycles. The van der Waals surface area contributed by atoms with Crippen molar-refractivity contribution in [1.82, 2.24) is 15.3 Å². The first-order valence-electron chi connectivity index (χ1n) is 11.6. The van der Waals surface area contributed by atoms with Crippen LogP contribution >= 0.6 is 0 Å². The van der Waals surface area contributed by atoms with Gasteiger partial charge in [-0.05, 0) is 61.1 Å². The summed E-state index contributed by atoms with van der Waals surface area (Å²) in [6, 6.07) is 8.33. The Kier molecular flexibility index (Phi) is 7.59. The number of urea groups is 1. The second-order valence-corrected chi connectivity index (χ2v) is 10.1. The van der Waals surface area contributed by atoms with Gasteiger partial charge in [0.15, 0.2) is 0 Å². The van der Waals surface area contributed by atoms with Gasteiger partial charge in [0, 0.05) is 38.6 Å². The van der Waals surface area contributed by atoms with Crippen molar-refractivity contribution in [3.05, 3.63) is 41.6 Å². The molecule has 1 saturated carbocycles. The number of rotatable bonds is 6. The van der Waals surface area contributed by atoms with Gasteiger partial charge in [-0.25, -0.2) is 9.78 Å². The lowest BCUT2D eigenvalue weighted by Crippen LogP contribution is -2.36. The van der Waals surface area contributed by atoms with Crippen LogP contribution in [0.15, 0.2) is 30.5 Å². The second kappa shape index (κ2) is 10.2. The maximum absolute atomic E-state index is 12.6. The van der Waals surface area contributed by atoms with Gasteiger partial charge in [0.05, 0.1) is 0 Å². The normalized spacial score (nSPS) is 18.7. The molecule has 0 saturated heterocycles. The molecule has 7 heteroatoms. The third kappa shape index (κ3) is 6.34. The van der Waals surface area contributed by atoms with Crippen LogP contribution in [0, 0.1) is 12.8 Å². The summed E-state index contributed by atoms with van der Waals surface area (Å²) in [5, 5.41) is 9.66. The molecule has 2 aromatic rings. The fraction of sp³-hybridized carbons (Fsp3) is 0.560. The quantitative estimate of drug-likeness (QED) is 0.595. The maximum Gasteiger partial charge on any atom is 0.319 e. The third-order valence-corrected chi connectivity index (χ3v) is 6.15. The summed E-state index contributed by atoms with van der Waals surface area (Å²) in [5.41, 5.74) is 3.13. The van der Waals surface area contributed by atoms with Gasteiger partial charge in [-0.2, -0.15) is 4.98 Å². The summed E-state index contributed by atoms with van der Waals surface area (Å²) in [7, 11) is 3.95. The highest BCUT2D eigenvalue weighted by molar-refractivity contribution is 5.91. The maximum atomic E-state index is 12.6. The lowest BCUT2D eigenvalue weighted by molar-refractivity contribution is 0.246. The van der Waals surface area contributed by atoms with Gasteiger partial charge in [-0.1, -0.05) is 39.0 Å². The fourth-order valence-corrected chi connectivity index (χ4v) is 4.21. The van der Waals surface area contributed by atoms with Crippen LogP contribution in [-0.4, -0.2) is 42.7 Å². The molecule has 3 N–H and O–H groups in total. The van der Waals surface area contributed by atoms with Crippen molar-refractivity contribution in [2.75, 3.05) is 36.2 Å². The second-order valence-electron chi connectivity index (χ2n) is 10.1. The van der Waals surface area contributed by atoms with Crippen LogP contribution in [0.3, 0.4) is 0 Å². The van der Waals surface area contributed by atoms with Crippen LogP contribution in [0.4, 0.5) is 22.2 Å². The van der Waals surface area contributed by atoms with E-state index >= 15 is 0 Å². The van der Waals surface area contributed by atoms with E-state index in [2.05, 4.69) is 52.8 Å². The van der Waals surface area contributed by atoms with Gasteiger partial charge in [-0.3, -0.25) is 0 Å². The first-order valence-corrected chi connectivity index (χ1v) is 11.6.